The maximum atomic E-state index is 13.7. The summed E-state index contributed by atoms with van der Waals surface area (Å²) in [5, 5.41) is 16.5. The lowest BCUT2D eigenvalue weighted by molar-refractivity contribution is -0.137. The van der Waals surface area contributed by atoms with Gasteiger partial charge in [-0.15, -0.1) is 22.7 Å². The van der Waals surface area contributed by atoms with Gasteiger partial charge in [0.2, 0.25) is 23.7 Å². The normalized spacial score (nSPS) is 11.4. The first-order valence-corrected chi connectivity index (χ1v) is 20.1. The summed E-state index contributed by atoms with van der Waals surface area (Å²) in [5.41, 5.74) is 14.4. The van der Waals surface area contributed by atoms with Crippen LogP contribution in [0.5, 0.6) is 11.5 Å². The number of carbonyl (C=O) groups is 5. The number of hydrogen-bond donors (Lipinski definition) is 5. The number of imidazole rings is 2. The van der Waals surface area contributed by atoms with Crippen LogP contribution < -0.4 is 31.6 Å². The second-order valence-electron chi connectivity index (χ2n) is 13.2. The number of anilines is 2. The molecule has 59 heavy (non-hydrogen) atoms. The SMILES string of the molecule is CCc1nc(C)sc1C(=O)Nc1nc2cc(C(N)=O)cc(OC)c2n1C/C=C/Cn1c(NC(=O)c2sc(C)nc2CC)nc2cc(C(N)=O)cc(OCCCC(=O)O)c21. The number of aryl methyl sites for hydroxylation is 4. The number of primary amides is 2. The third-order valence-electron chi connectivity index (χ3n) is 9.08. The summed E-state index contributed by atoms with van der Waals surface area (Å²) in [6.45, 7) is 7.71. The summed E-state index contributed by atoms with van der Waals surface area (Å²) < 4.78 is 15.1. The van der Waals surface area contributed by atoms with Crippen LogP contribution in [0.2, 0.25) is 0 Å². The molecule has 0 aliphatic carbocycles. The second kappa shape index (κ2) is 17.9. The van der Waals surface area contributed by atoms with Crippen molar-refractivity contribution in [2.75, 3.05) is 24.4 Å². The maximum Gasteiger partial charge on any atom is 0.303 e. The third kappa shape index (κ3) is 9.07. The monoisotopic (exact) mass is 842 g/mol. The van der Waals surface area contributed by atoms with Crippen molar-refractivity contribution < 1.29 is 38.6 Å². The zero-order chi connectivity index (χ0) is 42.5. The van der Waals surface area contributed by atoms with Crippen LogP contribution in [0, 0.1) is 13.8 Å². The topological polar surface area (TPSA) is 262 Å². The minimum absolute atomic E-state index is 0.00861. The molecule has 0 spiro atoms. The van der Waals surface area contributed by atoms with E-state index >= 15 is 0 Å². The molecule has 0 atom stereocenters. The average Bonchev–Trinajstić information content (AvgIpc) is 3.96. The first-order chi connectivity index (χ1) is 28.2. The van der Waals surface area contributed by atoms with Crippen LogP contribution in [-0.2, 0) is 30.7 Å². The van der Waals surface area contributed by atoms with E-state index < -0.39 is 29.6 Å². The number of methoxy groups -OCH3 is 1. The molecule has 2 aromatic carbocycles. The minimum Gasteiger partial charge on any atom is -0.494 e. The number of rotatable bonds is 18. The molecule has 0 unspecified atom stereocenters. The lowest BCUT2D eigenvalue weighted by Crippen LogP contribution is -2.17. The molecule has 0 aliphatic heterocycles. The quantitative estimate of drug-likeness (QED) is 0.0549. The van der Waals surface area contributed by atoms with Gasteiger partial charge in [0.1, 0.15) is 32.3 Å². The van der Waals surface area contributed by atoms with Gasteiger partial charge in [-0.1, -0.05) is 26.0 Å². The number of aliphatic carboxylic acids is 1. The molecule has 6 rings (SSSR count). The number of fused-ring (bicyclic) bond motifs is 2. The molecule has 4 amide bonds. The number of aromatic nitrogens is 6. The van der Waals surface area contributed by atoms with Crippen molar-refractivity contribution in [2.24, 2.45) is 11.5 Å². The Labute approximate surface area is 345 Å². The Morgan fingerprint density at radius 3 is 1.63 bits per heavy atom. The Morgan fingerprint density at radius 1 is 0.746 bits per heavy atom. The first kappa shape index (κ1) is 41.9. The number of allylic oxidation sites excluding steroid dienone is 2. The predicted molar refractivity (Wildman–Crippen MR) is 223 cm³/mol. The summed E-state index contributed by atoms with van der Waals surface area (Å²) in [7, 11) is 1.45. The van der Waals surface area contributed by atoms with E-state index in [4.69, 9.17) is 20.9 Å². The Hall–Kier alpha value is -6.67. The molecule has 4 aromatic heterocycles. The number of carbonyl (C=O) groups excluding carboxylic acids is 4. The van der Waals surface area contributed by atoms with Crippen molar-refractivity contribution in [3.63, 3.8) is 0 Å². The highest BCUT2D eigenvalue weighted by molar-refractivity contribution is 7.14. The molecule has 0 saturated carbocycles. The van der Waals surface area contributed by atoms with Crippen LogP contribution in [0.3, 0.4) is 0 Å². The number of thiazole rings is 2. The van der Waals surface area contributed by atoms with Crippen molar-refractivity contribution in [3.8, 4) is 11.5 Å². The molecule has 0 radical (unpaired) electrons. The van der Waals surface area contributed by atoms with Crippen LogP contribution in [0.4, 0.5) is 11.9 Å². The van der Waals surface area contributed by atoms with Gasteiger partial charge >= 0.3 is 5.97 Å². The molecule has 18 nitrogen and oxygen atoms in total. The minimum atomic E-state index is -0.988. The molecule has 6 aromatic rings. The van der Waals surface area contributed by atoms with Gasteiger partial charge in [-0.3, -0.25) is 34.6 Å². The van der Waals surface area contributed by atoms with Gasteiger partial charge in [0, 0.05) is 30.6 Å². The molecule has 0 saturated heterocycles. The summed E-state index contributed by atoms with van der Waals surface area (Å²) in [6.07, 6.45) is 4.73. The van der Waals surface area contributed by atoms with Crippen LogP contribution >= 0.6 is 22.7 Å². The Bertz CT molecular complexity index is 2660. The summed E-state index contributed by atoms with van der Waals surface area (Å²) >= 11 is 2.52. The molecule has 7 N–H and O–H groups in total. The number of amides is 4. The molecule has 4 heterocycles. The maximum absolute atomic E-state index is 13.7. The lowest BCUT2D eigenvalue weighted by atomic mass is 10.1. The van der Waals surface area contributed by atoms with Crippen LogP contribution in [-0.4, -0.2) is 77.5 Å². The fourth-order valence-electron chi connectivity index (χ4n) is 6.41. The zero-order valence-corrected chi connectivity index (χ0v) is 34.5. The van der Waals surface area contributed by atoms with E-state index in [1.54, 1.807) is 21.3 Å². The van der Waals surface area contributed by atoms with Gasteiger partial charge in [0.05, 0.1) is 46.2 Å². The summed E-state index contributed by atoms with van der Waals surface area (Å²) in [6, 6.07) is 5.96. The largest absolute Gasteiger partial charge is 0.494 e. The highest BCUT2D eigenvalue weighted by Gasteiger charge is 2.24. The Kier molecular flexibility index (Phi) is 12.7. The summed E-state index contributed by atoms with van der Waals surface area (Å²) in [4.78, 5) is 82.3. The van der Waals surface area contributed by atoms with E-state index in [0.717, 1.165) is 10.0 Å². The average molecular weight is 843 g/mol. The predicted octanol–water partition coefficient (Wildman–Crippen LogP) is 5.25. The number of nitrogens with two attached hydrogens (primary N) is 2. The number of carboxylic acid groups (broad SMARTS) is 1. The Balaban J connectivity index is 1.41. The summed E-state index contributed by atoms with van der Waals surface area (Å²) in [5.74, 6) is -2.43. The highest BCUT2D eigenvalue weighted by atomic mass is 32.1. The molecule has 0 fully saturated rings. The van der Waals surface area contributed by atoms with E-state index in [0.29, 0.717) is 61.8 Å². The third-order valence-corrected chi connectivity index (χ3v) is 11.1. The fraction of sp³-hybridized carbons (Fsp3) is 0.308. The van der Waals surface area contributed by atoms with Crippen molar-refractivity contribution in [2.45, 2.75) is 66.5 Å². The van der Waals surface area contributed by atoms with E-state index in [-0.39, 0.29) is 61.3 Å². The van der Waals surface area contributed by atoms with Gasteiger partial charge in [0.15, 0.2) is 0 Å². The molecule has 20 heteroatoms. The number of hydrogen-bond acceptors (Lipinski definition) is 13. The zero-order valence-electron chi connectivity index (χ0n) is 32.9. The van der Waals surface area contributed by atoms with Crippen molar-refractivity contribution in [3.05, 3.63) is 78.7 Å². The van der Waals surface area contributed by atoms with Crippen LogP contribution in [0.1, 0.15) is 88.2 Å². The molecule has 308 valence electrons. The van der Waals surface area contributed by atoms with Crippen LogP contribution in [0.15, 0.2) is 36.4 Å². The van der Waals surface area contributed by atoms with Crippen molar-refractivity contribution in [1.82, 2.24) is 29.1 Å². The van der Waals surface area contributed by atoms with Gasteiger partial charge < -0.3 is 35.2 Å². The second-order valence-corrected chi connectivity index (χ2v) is 15.6. The van der Waals surface area contributed by atoms with Gasteiger partial charge in [0.25, 0.3) is 11.8 Å². The van der Waals surface area contributed by atoms with Crippen LogP contribution in [0.25, 0.3) is 22.1 Å². The molecule has 0 aliphatic rings. The van der Waals surface area contributed by atoms with E-state index in [2.05, 4.69) is 30.6 Å². The van der Waals surface area contributed by atoms with Gasteiger partial charge in [-0.25, -0.2) is 19.9 Å². The standard InChI is InChI=1S/C39H42N10O8S2/c1-6-23-32(58-19(3)42-23)36(54)46-38-44-25-15-21(34(40)52)17-27(56-5)30(25)48(38)12-8-9-13-49-31-26(16-22(35(41)53)18-28(31)57-14-10-11-29(50)51)45-39(49)47-37(55)33-24(7-2)43-20(4)59-33/h8-9,15-18H,6-7,10-14H2,1-5H3,(H2,40,52)(H2,41,53)(H,50,51)(H,44,46,54)(H,45,47,55)/b9-8+. The molecular formula is C39H42N10O8S2. The van der Waals surface area contributed by atoms with Crippen molar-refractivity contribution >= 4 is 86.2 Å². The lowest BCUT2D eigenvalue weighted by Gasteiger charge is -2.13. The highest BCUT2D eigenvalue weighted by Crippen LogP contribution is 2.34. The molecule has 0 bridgehead atoms. The first-order valence-electron chi connectivity index (χ1n) is 18.5. The number of nitrogens with one attached hydrogen (secondary N) is 2. The van der Waals surface area contributed by atoms with Crippen molar-refractivity contribution in [1.29, 1.82) is 0 Å². The smallest absolute Gasteiger partial charge is 0.303 e. The number of benzene rings is 2. The number of carboxylic acids is 1. The number of nitrogens with zero attached hydrogens (tertiary/aromatic N) is 6. The van der Waals surface area contributed by atoms with E-state index in [1.807, 2.05) is 27.7 Å². The fourth-order valence-corrected chi connectivity index (χ4v) is 8.22. The van der Waals surface area contributed by atoms with Gasteiger partial charge in [-0.05, 0) is 57.4 Å². The number of ether oxygens (including phenoxy) is 2. The Morgan fingerprint density at radius 2 is 1.20 bits per heavy atom. The van der Waals surface area contributed by atoms with E-state index in [9.17, 15) is 29.1 Å². The van der Waals surface area contributed by atoms with E-state index in [1.165, 1.54) is 54.0 Å². The molecular weight excluding hydrogens is 801 g/mol. The van der Waals surface area contributed by atoms with Gasteiger partial charge in [-0.2, -0.15) is 0 Å².